The zero-order valence-corrected chi connectivity index (χ0v) is 17.7. The minimum Gasteiger partial charge on any atom is -0.493 e. The van der Waals surface area contributed by atoms with Gasteiger partial charge in [-0.05, 0) is 30.5 Å². The topological polar surface area (TPSA) is 120 Å². The lowest BCUT2D eigenvalue weighted by Gasteiger charge is -2.20. The first-order chi connectivity index (χ1) is 13.6. The van der Waals surface area contributed by atoms with Crippen LogP contribution in [0.25, 0.3) is 0 Å². The van der Waals surface area contributed by atoms with Gasteiger partial charge in [0.1, 0.15) is 12.6 Å². The van der Waals surface area contributed by atoms with Gasteiger partial charge in [-0.25, -0.2) is 17.9 Å². The molecular formula is C19H26N2O7S. The van der Waals surface area contributed by atoms with Gasteiger partial charge in [0.05, 0.1) is 19.3 Å². The SMILES string of the molecule is C#CCOc1ccc(CC(=O)NOC(=O)C(NS(=O)(=O)CC)C(C)C)cc1OC. The maximum atomic E-state index is 12.2. The van der Waals surface area contributed by atoms with E-state index in [-0.39, 0.29) is 24.7 Å². The Labute approximate surface area is 171 Å². The van der Waals surface area contributed by atoms with Gasteiger partial charge in [0.25, 0.3) is 5.91 Å². The quantitative estimate of drug-likeness (QED) is 0.419. The van der Waals surface area contributed by atoms with E-state index in [0.717, 1.165) is 0 Å². The highest BCUT2D eigenvalue weighted by Gasteiger charge is 2.28. The Morgan fingerprint density at radius 3 is 2.48 bits per heavy atom. The van der Waals surface area contributed by atoms with E-state index in [1.54, 1.807) is 32.0 Å². The second-order valence-corrected chi connectivity index (χ2v) is 8.39. The van der Waals surface area contributed by atoms with Crippen LogP contribution in [0.2, 0.25) is 0 Å². The Kier molecular flexibility index (Phi) is 9.44. The maximum absolute atomic E-state index is 12.2. The van der Waals surface area contributed by atoms with Crippen LogP contribution in [0.3, 0.4) is 0 Å². The molecule has 0 spiro atoms. The highest BCUT2D eigenvalue weighted by Crippen LogP contribution is 2.28. The molecule has 0 bridgehead atoms. The molecule has 0 fully saturated rings. The van der Waals surface area contributed by atoms with Crippen LogP contribution in [0.5, 0.6) is 11.5 Å². The highest BCUT2D eigenvalue weighted by atomic mass is 32.2. The number of hydroxylamine groups is 1. The van der Waals surface area contributed by atoms with Crippen molar-refractivity contribution in [3.05, 3.63) is 23.8 Å². The first-order valence-corrected chi connectivity index (χ1v) is 10.5. The normalized spacial score (nSPS) is 12.0. The van der Waals surface area contributed by atoms with Crippen LogP contribution in [0.4, 0.5) is 0 Å². The summed E-state index contributed by atoms with van der Waals surface area (Å²) >= 11 is 0. The molecule has 0 radical (unpaired) electrons. The molecule has 0 aliphatic rings. The number of benzene rings is 1. The number of nitrogens with one attached hydrogen (secondary N) is 2. The summed E-state index contributed by atoms with van der Waals surface area (Å²) in [5.74, 6) is 1.12. The number of hydrogen-bond donors (Lipinski definition) is 2. The van der Waals surface area contributed by atoms with Crippen molar-refractivity contribution in [1.29, 1.82) is 0 Å². The molecule has 29 heavy (non-hydrogen) atoms. The molecule has 2 N–H and O–H groups in total. The van der Waals surface area contributed by atoms with Crippen molar-refractivity contribution < 1.29 is 32.3 Å². The number of amides is 1. The van der Waals surface area contributed by atoms with Crippen LogP contribution >= 0.6 is 0 Å². The number of hydrogen-bond acceptors (Lipinski definition) is 7. The first-order valence-electron chi connectivity index (χ1n) is 8.86. The first kappa shape index (κ1) is 24.3. The summed E-state index contributed by atoms with van der Waals surface area (Å²) in [4.78, 5) is 29.0. The molecule has 1 rings (SSSR count). The van der Waals surface area contributed by atoms with E-state index >= 15 is 0 Å². The lowest BCUT2D eigenvalue weighted by atomic mass is 10.1. The molecule has 0 saturated heterocycles. The van der Waals surface area contributed by atoms with Crippen molar-refractivity contribution in [2.24, 2.45) is 5.92 Å². The fourth-order valence-corrected chi connectivity index (χ4v) is 3.11. The average molecular weight is 426 g/mol. The molecule has 1 aromatic rings. The van der Waals surface area contributed by atoms with Crippen LogP contribution in [0.1, 0.15) is 26.3 Å². The standard InChI is InChI=1S/C19H26N2O7S/c1-6-10-27-15-9-8-14(11-16(15)26-5)12-17(22)20-28-19(23)18(13(3)4)21-29(24,25)7-2/h1,8-9,11,13,18,21H,7,10,12H2,2-5H3,(H,20,22). The van der Waals surface area contributed by atoms with Crippen molar-refractivity contribution in [3.8, 4) is 23.8 Å². The summed E-state index contributed by atoms with van der Waals surface area (Å²) in [5.41, 5.74) is 2.61. The summed E-state index contributed by atoms with van der Waals surface area (Å²) in [6, 6.07) is 3.73. The van der Waals surface area contributed by atoms with E-state index in [2.05, 4.69) is 10.6 Å². The van der Waals surface area contributed by atoms with Crippen LogP contribution in [-0.2, 0) is 30.9 Å². The van der Waals surface area contributed by atoms with Crippen molar-refractivity contribution in [3.63, 3.8) is 0 Å². The van der Waals surface area contributed by atoms with Gasteiger partial charge in [-0.2, -0.15) is 5.48 Å². The molecule has 10 heteroatoms. The number of terminal acetylenes is 1. The molecule has 0 aliphatic heterocycles. The second kappa shape index (κ2) is 11.3. The minimum atomic E-state index is -3.62. The molecule has 1 unspecified atom stereocenters. The lowest BCUT2D eigenvalue weighted by Crippen LogP contribution is -2.47. The van der Waals surface area contributed by atoms with E-state index < -0.39 is 27.9 Å². The maximum Gasteiger partial charge on any atom is 0.350 e. The zero-order valence-electron chi connectivity index (χ0n) is 16.9. The van der Waals surface area contributed by atoms with Gasteiger partial charge < -0.3 is 14.3 Å². The molecule has 160 valence electrons. The number of sulfonamides is 1. The summed E-state index contributed by atoms with van der Waals surface area (Å²) in [7, 11) is -2.16. The smallest absolute Gasteiger partial charge is 0.350 e. The van der Waals surface area contributed by atoms with Gasteiger partial charge >= 0.3 is 5.97 Å². The number of rotatable bonds is 10. The van der Waals surface area contributed by atoms with Crippen LogP contribution in [0, 0.1) is 18.3 Å². The molecule has 9 nitrogen and oxygen atoms in total. The molecule has 1 aromatic carbocycles. The second-order valence-electron chi connectivity index (χ2n) is 6.34. The monoisotopic (exact) mass is 426 g/mol. The predicted octanol–water partition coefficient (Wildman–Crippen LogP) is 0.788. The Hall–Kier alpha value is -2.77. The Balaban J connectivity index is 2.70. The zero-order chi connectivity index (χ0) is 22.0. The van der Waals surface area contributed by atoms with Gasteiger partial charge in [0.2, 0.25) is 10.0 Å². The summed E-state index contributed by atoms with van der Waals surface area (Å²) in [6.07, 6.45) is 5.05. The van der Waals surface area contributed by atoms with Crippen molar-refractivity contribution in [1.82, 2.24) is 10.2 Å². The summed E-state index contributed by atoms with van der Waals surface area (Å²) < 4.78 is 36.2. The highest BCUT2D eigenvalue weighted by molar-refractivity contribution is 7.89. The number of ether oxygens (including phenoxy) is 2. The molecule has 0 aromatic heterocycles. The third kappa shape index (κ3) is 8.01. The van der Waals surface area contributed by atoms with Crippen LogP contribution in [0.15, 0.2) is 18.2 Å². The minimum absolute atomic E-state index is 0.0744. The Morgan fingerprint density at radius 2 is 1.93 bits per heavy atom. The van der Waals surface area contributed by atoms with E-state index in [9.17, 15) is 18.0 Å². The number of methoxy groups -OCH3 is 1. The van der Waals surface area contributed by atoms with Gasteiger partial charge in [-0.1, -0.05) is 25.8 Å². The van der Waals surface area contributed by atoms with Gasteiger partial charge in [0.15, 0.2) is 11.5 Å². The van der Waals surface area contributed by atoms with Crippen molar-refractivity contribution >= 4 is 21.9 Å². The molecule has 1 amide bonds. The van der Waals surface area contributed by atoms with E-state index in [1.165, 1.54) is 14.0 Å². The molecular weight excluding hydrogens is 400 g/mol. The fraction of sp³-hybridized carbons (Fsp3) is 0.474. The number of carbonyl (C=O) groups is 2. The summed E-state index contributed by atoms with van der Waals surface area (Å²) in [6.45, 7) is 4.83. The van der Waals surface area contributed by atoms with Crippen LogP contribution in [-0.4, -0.2) is 45.8 Å². The molecule has 1 atom stereocenters. The predicted molar refractivity (Wildman–Crippen MR) is 106 cm³/mol. The molecule has 0 aliphatic carbocycles. The van der Waals surface area contributed by atoms with Crippen LogP contribution < -0.4 is 19.7 Å². The number of carbonyl (C=O) groups excluding carboxylic acids is 2. The third-order valence-electron chi connectivity index (χ3n) is 3.78. The molecule has 0 heterocycles. The van der Waals surface area contributed by atoms with E-state index in [4.69, 9.17) is 20.7 Å². The van der Waals surface area contributed by atoms with Gasteiger partial charge in [-0.3, -0.25) is 4.79 Å². The van der Waals surface area contributed by atoms with Gasteiger partial charge in [0, 0.05) is 0 Å². The molecule has 0 saturated carbocycles. The Morgan fingerprint density at radius 1 is 1.24 bits per heavy atom. The van der Waals surface area contributed by atoms with E-state index in [0.29, 0.717) is 17.1 Å². The fourth-order valence-electron chi connectivity index (χ4n) is 2.19. The summed E-state index contributed by atoms with van der Waals surface area (Å²) in [5, 5.41) is 0. The Bertz CT molecular complexity index is 860. The lowest BCUT2D eigenvalue weighted by molar-refractivity contribution is -0.160. The average Bonchev–Trinajstić information content (AvgIpc) is 2.68. The third-order valence-corrected chi connectivity index (χ3v) is 5.15. The van der Waals surface area contributed by atoms with Gasteiger partial charge in [-0.15, -0.1) is 6.42 Å². The van der Waals surface area contributed by atoms with Crippen molar-refractivity contribution in [2.75, 3.05) is 19.5 Å². The van der Waals surface area contributed by atoms with E-state index in [1.807, 2.05) is 5.48 Å². The largest absolute Gasteiger partial charge is 0.493 e. The van der Waals surface area contributed by atoms with Crippen molar-refractivity contribution in [2.45, 2.75) is 33.2 Å².